The van der Waals surface area contributed by atoms with Crippen molar-refractivity contribution in [3.05, 3.63) is 58.2 Å². The fourth-order valence-electron chi connectivity index (χ4n) is 2.25. The van der Waals surface area contributed by atoms with Gasteiger partial charge in [0.2, 0.25) is 5.88 Å². The molecule has 1 saturated heterocycles. The molecular formula is C16H15BrN2O2. The van der Waals surface area contributed by atoms with Crippen LogP contribution in [0.4, 0.5) is 0 Å². The molecule has 0 aliphatic carbocycles. The first-order chi connectivity index (χ1) is 10.1. The number of likely N-dealkylation sites (tertiary alicyclic amines) is 1. The van der Waals surface area contributed by atoms with Gasteiger partial charge in [-0.05, 0) is 47.1 Å². The number of pyridine rings is 1. The van der Waals surface area contributed by atoms with E-state index < -0.39 is 0 Å². The number of hydrogen-bond acceptors (Lipinski definition) is 3. The van der Waals surface area contributed by atoms with Crippen molar-refractivity contribution < 1.29 is 9.53 Å². The molecule has 0 atom stereocenters. The number of rotatable bonds is 3. The molecule has 1 aliphatic rings. The van der Waals surface area contributed by atoms with Gasteiger partial charge in [0.1, 0.15) is 6.10 Å². The van der Waals surface area contributed by atoms with Crippen molar-refractivity contribution in [2.24, 2.45) is 0 Å². The molecule has 1 aromatic carbocycles. The molecule has 1 amide bonds. The number of halogens is 1. The van der Waals surface area contributed by atoms with Crippen molar-refractivity contribution in [3.8, 4) is 5.88 Å². The molecule has 2 aromatic rings. The number of aromatic nitrogens is 1. The average molecular weight is 347 g/mol. The number of amides is 1. The average Bonchev–Trinajstić information content (AvgIpc) is 2.43. The third-order valence-corrected chi connectivity index (χ3v) is 4.01. The molecule has 4 nitrogen and oxygen atoms in total. The molecule has 0 spiro atoms. The summed E-state index contributed by atoms with van der Waals surface area (Å²) >= 11 is 3.40. The molecular weight excluding hydrogens is 332 g/mol. The first-order valence-electron chi connectivity index (χ1n) is 6.76. The van der Waals surface area contributed by atoms with Gasteiger partial charge in [0, 0.05) is 11.8 Å². The van der Waals surface area contributed by atoms with Gasteiger partial charge in [0.05, 0.1) is 17.6 Å². The van der Waals surface area contributed by atoms with Gasteiger partial charge in [-0.25, -0.2) is 4.98 Å². The van der Waals surface area contributed by atoms with Gasteiger partial charge < -0.3 is 9.64 Å². The lowest BCUT2D eigenvalue weighted by Crippen LogP contribution is -2.56. The van der Waals surface area contributed by atoms with Gasteiger partial charge >= 0.3 is 0 Å². The molecule has 0 unspecified atom stereocenters. The summed E-state index contributed by atoms with van der Waals surface area (Å²) in [4.78, 5) is 18.2. The highest BCUT2D eigenvalue weighted by molar-refractivity contribution is 9.10. The van der Waals surface area contributed by atoms with Crippen molar-refractivity contribution in [1.82, 2.24) is 9.88 Å². The van der Waals surface area contributed by atoms with Crippen molar-refractivity contribution in [2.45, 2.75) is 13.0 Å². The summed E-state index contributed by atoms with van der Waals surface area (Å²) in [5, 5.41) is 0. The quantitative estimate of drug-likeness (QED) is 0.857. The first kappa shape index (κ1) is 14.1. The summed E-state index contributed by atoms with van der Waals surface area (Å²) in [6, 6.07) is 11.4. The Bertz CT molecular complexity index is 669. The van der Waals surface area contributed by atoms with E-state index in [2.05, 4.69) is 20.9 Å². The highest BCUT2D eigenvalue weighted by atomic mass is 79.9. The standard InChI is InChI=1S/C16H15BrN2O2/c1-11-4-2-5-12(8-11)16(20)19-9-13(10-19)21-15-14(17)6-3-7-18-15/h2-8,13H,9-10H2,1H3. The molecule has 0 saturated carbocycles. The van der Waals surface area contributed by atoms with Gasteiger partial charge in [-0.3, -0.25) is 4.79 Å². The predicted octanol–water partition coefficient (Wildman–Crippen LogP) is 3.06. The van der Waals surface area contributed by atoms with Crippen molar-refractivity contribution in [2.75, 3.05) is 13.1 Å². The van der Waals surface area contributed by atoms with Crippen LogP contribution in [-0.2, 0) is 0 Å². The Labute approximate surface area is 131 Å². The van der Waals surface area contributed by atoms with E-state index in [1.165, 1.54) is 0 Å². The minimum atomic E-state index is 0.00459. The van der Waals surface area contributed by atoms with E-state index in [1.807, 2.05) is 43.3 Å². The molecule has 0 N–H and O–H groups in total. The van der Waals surface area contributed by atoms with E-state index in [9.17, 15) is 4.79 Å². The highest BCUT2D eigenvalue weighted by Gasteiger charge is 2.33. The molecule has 1 aliphatic heterocycles. The molecule has 21 heavy (non-hydrogen) atoms. The van der Waals surface area contributed by atoms with Crippen LogP contribution in [0.3, 0.4) is 0 Å². The van der Waals surface area contributed by atoms with Crippen molar-refractivity contribution >= 4 is 21.8 Å². The second kappa shape index (κ2) is 5.85. The first-order valence-corrected chi connectivity index (χ1v) is 7.56. The monoisotopic (exact) mass is 346 g/mol. The Kier molecular flexibility index (Phi) is 3.92. The summed E-state index contributed by atoms with van der Waals surface area (Å²) in [5.74, 6) is 0.629. The normalized spacial score (nSPS) is 14.7. The lowest BCUT2D eigenvalue weighted by atomic mass is 10.1. The SMILES string of the molecule is Cc1cccc(C(=O)N2CC(Oc3ncccc3Br)C2)c1. The third kappa shape index (κ3) is 3.08. The number of aryl methyl sites for hydroxylation is 1. The lowest BCUT2D eigenvalue weighted by molar-refractivity contribution is 0.0157. The number of hydrogen-bond donors (Lipinski definition) is 0. The second-order valence-corrected chi connectivity index (χ2v) is 5.96. The number of ether oxygens (including phenoxy) is 1. The van der Waals surface area contributed by atoms with E-state index >= 15 is 0 Å². The largest absolute Gasteiger partial charge is 0.470 e. The van der Waals surface area contributed by atoms with E-state index in [4.69, 9.17) is 4.74 Å². The van der Waals surface area contributed by atoms with Crippen LogP contribution >= 0.6 is 15.9 Å². The molecule has 108 valence electrons. The fraction of sp³-hybridized carbons (Fsp3) is 0.250. The molecule has 1 fully saturated rings. The molecule has 1 aromatic heterocycles. The van der Waals surface area contributed by atoms with Crippen LogP contribution in [0, 0.1) is 6.92 Å². The minimum Gasteiger partial charge on any atom is -0.470 e. The summed E-state index contributed by atoms with van der Waals surface area (Å²) < 4.78 is 6.60. The summed E-state index contributed by atoms with van der Waals surface area (Å²) in [5.41, 5.74) is 1.82. The topological polar surface area (TPSA) is 42.4 Å². The van der Waals surface area contributed by atoms with Crippen LogP contribution in [0.1, 0.15) is 15.9 Å². The van der Waals surface area contributed by atoms with E-state index in [0.29, 0.717) is 19.0 Å². The summed E-state index contributed by atoms with van der Waals surface area (Å²) in [6.07, 6.45) is 1.69. The van der Waals surface area contributed by atoms with Crippen molar-refractivity contribution in [1.29, 1.82) is 0 Å². The Morgan fingerprint density at radius 1 is 1.33 bits per heavy atom. The van der Waals surface area contributed by atoms with Gasteiger partial charge in [-0.2, -0.15) is 0 Å². The zero-order valence-corrected chi connectivity index (χ0v) is 13.2. The van der Waals surface area contributed by atoms with Crippen LogP contribution < -0.4 is 4.74 Å². The molecule has 3 rings (SSSR count). The predicted molar refractivity (Wildman–Crippen MR) is 83.4 cm³/mol. The van der Waals surface area contributed by atoms with E-state index in [0.717, 1.165) is 15.6 Å². The number of carbonyl (C=O) groups is 1. The Hall–Kier alpha value is -1.88. The minimum absolute atomic E-state index is 0.00459. The van der Waals surface area contributed by atoms with Gasteiger partial charge in [-0.15, -0.1) is 0 Å². The fourth-order valence-corrected chi connectivity index (χ4v) is 2.60. The molecule has 0 bridgehead atoms. The molecule has 5 heteroatoms. The van der Waals surface area contributed by atoms with Crippen LogP contribution in [0.5, 0.6) is 5.88 Å². The summed E-state index contributed by atoms with van der Waals surface area (Å²) in [6.45, 7) is 3.17. The summed E-state index contributed by atoms with van der Waals surface area (Å²) in [7, 11) is 0. The Morgan fingerprint density at radius 2 is 2.14 bits per heavy atom. The zero-order chi connectivity index (χ0) is 14.8. The smallest absolute Gasteiger partial charge is 0.254 e. The van der Waals surface area contributed by atoms with Gasteiger partial charge in [-0.1, -0.05) is 17.7 Å². The zero-order valence-electron chi connectivity index (χ0n) is 11.6. The number of nitrogens with zero attached hydrogens (tertiary/aromatic N) is 2. The van der Waals surface area contributed by atoms with Crippen LogP contribution in [0.15, 0.2) is 47.1 Å². The van der Waals surface area contributed by atoms with E-state index in [-0.39, 0.29) is 12.0 Å². The Balaban J connectivity index is 1.58. The highest BCUT2D eigenvalue weighted by Crippen LogP contribution is 2.25. The molecule has 2 heterocycles. The number of carbonyl (C=O) groups excluding carboxylic acids is 1. The maximum atomic E-state index is 12.3. The lowest BCUT2D eigenvalue weighted by Gasteiger charge is -2.38. The van der Waals surface area contributed by atoms with Crippen molar-refractivity contribution in [3.63, 3.8) is 0 Å². The second-order valence-electron chi connectivity index (χ2n) is 5.11. The van der Waals surface area contributed by atoms with Crippen LogP contribution in [0.2, 0.25) is 0 Å². The third-order valence-electron chi connectivity index (χ3n) is 3.40. The maximum Gasteiger partial charge on any atom is 0.254 e. The van der Waals surface area contributed by atoms with Crippen LogP contribution in [0.25, 0.3) is 0 Å². The van der Waals surface area contributed by atoms with Crippen LogP contribution in [-0.4, -0.2) is 35.0 Å². The Morgan fingerprint density at radius 3 is 2.86 bits per heavy atom. The van der Waals surface area contributed by atoms with Gasteiger partial charge in [0.15, 0.2) is 0 Å². The van der Waals surface area contributed by atoms with E-state index in [1.54, 1.807) is 11.1 Å². The van der Waals surface area contributed by atoms with Gasteiger partial charge in [0.25, 0.3) is 5.91 Å². The number of benzene rings is 1. The maximum absolute atomic E-state index is 12.3. The molecule has 0 radical (unpaired) electrons.